The highest BCUT2D eigenvalue weighted by molar-refractivity contribution is 9.10. The predicted molar refractivity (Wildman–Crippen MR) is 173 cm³/mol. The molecule has 3 heterocycles. The molecule has 5 rings (SSSR count). The molecular weight excluding hydrogens is 664 g/mol. The number of carbonyl (C=O) groups excluding carboxylic acids is 3. The Bertz CT molecular complexity index is 1610. The number of aromatic nitrogens is 2. The van der Waals surface area contributed by atoms with Crippen molar-refractivity contribution in [2.75, 3.05) is 20.6 Å². The molecule has 0 radical (unpaired) electrons. The molecule has 1 aromatic heterocycles. The van der Waals surface area contributed by atoms with Gasteiger partial charge in [-0.15, -0.1) is 0 Å². The zero-order valence-corrected chi connectivity index (χ0v) is 28.9. The summed E-state index contributed by atoms with van der Waals surface area (Å²) in [6.45, 7) is 6.14. The smallest absolute Gasteiger partial charge is 0.303 e. The average molecular weight is 708 g/mol. The van der Waals surface area contributed by atoms with Gasteiger partial charge >= 0.3 is 10.2 Å². The summed E-state index contributed by atoms with van der Waals surface area (Å²) in [5, 5.41) is 2.89. The third-order valence-corrected chi connectivity index (χ3v) is 11.1. The molecule has 1 saturated heterocycles. The summed E-state index contributed by atoms with van der Waals surface area (Å²) in [7, 11) is -1.44. The lowest BCUT2D eigenvalue weighted by Gasteiger charge is -2.28. The summed E-state index contributed by atoms with van der Waals surface area (Å²) in [6, 6.07) is 5.35. The standard InChI is InChI=1S/C31H43BrN6O6S/c1-19(2)38-24-15-11-14-23(32)26(24)33-30(38)44-22-16-25-27(39)34-31(29(41)35-45(42,43)36(4)5)17-21(31)13-10-8-6-7-9-12-20(3)28(40)37(25)18-22/h10-11,13-15,19-22,25H,6-9,12,16-18H2,1-5H3,(H,34,39)(H,35,41)/b13-10-/t20-,21+,22+,25-,31+/m0/s1. The van der Waals surface area contributed by atoms with Crippen LogP contribution < -0.4 is 14.8 Å². The van der Waals surface area contributed by atoms with E-state index in [1.54, 1.807) is 4.90 Å². The molecule has 0 unspecified atom stereocenters. The second-order valence-electron chi connectivity index (χ2n) is 12.9. The number of allylic oxidation sites excluding steroid dienone is 1. The lowest BCUT2D eigenvalue weighted by Crippen LogP contribution is -2.57. The summed E-state index contributed by atoms with van der Waals surface area (Å²) in [5.41, 5.74) is 0.219. The number of nitrogens with zero attached hydrogens (tertiary/aromatic N) is 4. The first kappa shape index (κ1) is 33.4. The summed E-state index contributed by atoms with van der Waals surface area (Å²) < 4.78 is 37.4. The number of amides is 3. The summed E-state index contributed by atoms with van der Waals surface area (Å²) >= 11 is 3.58. The Kier molecular flexibility index (Phi) is 9.67. The minimum absolute atomic E-state index is 0.0350. The van der Waals surface area contributed by atoms with Gasteiger partial charge in [0.15, 0.2) is 0 Å². The molecule has 2 fully saturated rings. The van der Waals surface area contributed by atoms with Gasteiger partial charge in [-0.05, 0) is 67.6 Å². The van der Waals surface area contributed by atoms with Crippen LogP contribution in [0.2, 0.25) is 0 Å². The van der Waals surface area contributed by atoms with E-state index in [1.165, 1.54) is 14.1 Å². The van der Waals surface area contributed by atoms with Crippen molar-refractivity contribution in [2.45, 2.75) is 89.4 Å². The number of ether oxygens (including phenoxy) is 1. The first-order valence-corrected chi connectivity index (χ1v) is 17.9. The fourth-order valence-corrected chi connectivity index (χ4v) is 7.35. The number of hydrogen-bond donors (Lipinski definition) is 2. The van der Waals surface area contributed by atoms with Crippen LogP contribution in [0.25, 0.3) is 11.0 Å². The van der Waals surface area contributed by atoms with Crippen LogP contribution in [0.3, 0.4) is 0 Å². The number of carbonyl (C=O) groups is 3. The minimum atomic E-state index is -4.08. The Hall–Kier alpha value is -2.97. The molecule has 3 amide bonds. The largest absolute Gasteiger partial charge is 0.459 e. The second-order valence-corrected chi connectivity index (χ2v) is 15.6. The first-order valence-electron chi connectivity index (χ1n) is 15.6. The van der Waals surface area contributed by atoms with E-state index in [0.29, 0.717) is 12.4 Å². The topological polar surface area (TPSA) is 143 Å². The quantitative estimate of drug-likeness (QED) is 0.437. The van der Waals surface area contributed by atoms with E-state index in [1.807, 2.05) is 55.7 Å². The van der Waals surface area contributed by atoms with Crippen molar-refractivity contribution >= 4 is 54.9 Å². The van der Waals surface area contributed by atoms with Crippen LogP contribution in [0.15, 0.2) is 34.8 Å². The lowest BCUT2D eigenvalue weighted by atomic mass is 10.0. The van der Waals surface area contributed by atoms with E-state index in [-0.39, 0.29) is 43.2 Å². The zero-order chi connectivity index (χ0) is 32.7. The van der Waals surface area contributed by atoms with Crippen molar-refractivity contribution in [3.8, 4) is 6.01 Å². The molecular formula is C31H43BrN6O6S. The first-order chi connectivity index (χ1) is 21.2. The van der Waals surface area contributed by atoms with Gasteiger partial charge < -0.3 is 15.0 Å². The minimum Gasteiger partial charge on any atom is -0.459 e. The van der Waals surface area contributed by atoms with Crippen molar-refractivity contribution < 1.29 is 27.5 Å². The van der Waals surface area contributed by atoms with Gasteiger partial charge in [-0.3, -0.25) is 19.0 Å². The molecule has 14 heteroatoms. The number of benzene rings is 1. The third-order valence-electron chi connectivity index (χ3n) is 9.04. The maximum absolute atomic E-state index is 14.0. The number of para-hydroxylation sites is 1. The molecule has 5 atom stereocenters. The van der Waals surface area contributed by atoms with Crippen LogP contribution in [0.1, 0.15) is 71.8 Å². The molecule has 0 bridgehead atoms. The highest BCUT2D eigenvalue weighted by Crippen LogP contribution is 2.46. The molecule has 246 valence electrons. The average Bonchev–Trinajstić information content (AvgIpc) is 3.30. The van der Waals surface area contributed by atoms with Crippen LogP contribution in [0, 0.1) is 11.8 Å². The Balaban J connectivity index is 1.45. The van der Waals surface area contributed by atoms with Crippen molar-refractivity contribution in [1.82, 2.24) is 28.8 Å². The van der Waals surface area contributed by atoms with Crippen molar-refractivity contribution in [3.05, 3.63) is 34.8 Å². The number of imidazole rings is 1. The van der Waals surface area contributed by atoms with Crippen molar-refractivity contribution in [3.63, 3.8) is 0 Å². The van der Waals surface area contributed by atoms with E-state index in [0.717, 1.165) is 45.5 Å². The molecule has 2 N–H and O–H groups in total. The normalized spacial score (nSPS) is 28.7. The zero-order valence-electron chi connectivity index (χ0n) is 26.5. The lowest BCUT2D eigenvalue weighted by molar-refractivity contribution is -0.142. The van der Waals surface area contributed by atoms with Crippen LogP contribution in [-0.4, -0.2) is 83.2 Å². The van der Waals surface area contributed by atoms with Crippen molar-refractivity contribution in [1.29, 1.82) is 0 Å². The fraction of sp³-hybridized carbons (Fsp3) is 0.613. The fourth-order valence-electron chi connectivity index (χ4n) is 6.31. The van der Waals surface area contributed by atoms with Crippen molar-refractivity contribution in [2.24, 2.45) is 11.8 Å². The molecule has 3 aliphatic rings. The summed E-state index contributed by atoms with van der Waals surface area (Å²) in [5.74, 6) is -2.12. The Morgan fingerprint density at radius 3 is 2.69 bits per heavy atom. The molecule has 1 aliphatic carbocycles. The van der Waals surface area contributed by atoms with E-state index in [9.17, 15) is 22.8 Å². The molecule has 45 heavy (non-hydrogen) atoms. The van der Waals surface area contributed by atoms with E-state index in [4.69, 9.17) is 9.72 Å². The highest BCUT2D eigenvalue weighted by Gasteiger charge is 2.61. The van der Waals surface area contributed by atoms with Crippen LogP contribution in [0.4, 0.5) is 0 Å². The number of hydrogen-bond acceptors (Lipinski definition) is 7. The van der Waals surface area contributed by atoms with E-state index in [2.05, 4.69) is 26.0 Å². The van der Waals surface area contributed by atoms with Gasteiger partial charge in [-0.2, -0.15) is 17.7 Å². The van der Waals surface area contributed by atoms with E-state index >= 15 is 0 Å². The Labute approximate surface area is 273 Å². The molecule has 2 aliphatic heterocycles. The Morgan fingerprint density at radius 2 is 1.98 bits per heavy atom. The van der Waals surface area contributed by atoms with Gasteiger partial charge in [0, 0.05) is 42.9 Å². The number of halogens is 1. The molecule has 1 saturated carbocycles. The number of nitrogens with one attached hydrogen (secondary N) is 2. The maximum atomic E-state index is 14.0. The monoisotopic (exact) mass is 706 g/mol. The van der Waals surface area contributed by atoms with Gasteiger partial charge in [-0.1, -0.05) is 38.0 Å². The SMILES string of the molecule is CC(C)n1c(O[C@@H]2C[C@H]3C(=O)N[C@]4(C(=O)NS(=O)(=O)N(C)C)C[C@H]4/C=C\CCCCC[C@H](C)C(=O)N3C2)nc2c(Br)cccc21. The van der Waals surface area contributed by atoms with Gasteiger partial charge in [0.25, 0.3) is 11.9 Å². The highest BCUT2D eigenvalue weighted by atomic mass is 79.9. The number of fused-ring (bicyclic) bond motifs is 3. The van der Waals surface area contributed by atoms with Gasteiger partial charge in [0.1, 0.15) is 23.2 Å². The van der Waals surface area contributed by atoms with Gasteiger partial charge in [-0.25, -0.2) is 4.72 Å². The third kappa shape index (κ3) is 6.78. The van der Waals surface area contributed by atoms with Gasteiger partial charge in [0.05, 0.1) is 12.1 Å². The van der Waals surface area contributed by atoms with Crippen LogP contribution in [-0.2, 0) is 24.6 Å². The van der Waals surface area contributed by atoms with E-state index < -0.39 is 39.7 Å². The number of rotatable bonds is 6. The predicted octanol–water partition coefficient (Wildman–Crippen LogP) is 3.68. The molecule has 12 nitrogen and oxygen atoms in total. The molecule has 0 spiro atoms. The second kappa shape index (κ2) is 13.0. The van der Waals surface area contributed by atoms with Crippen LogP contribution >= 0.6 is 15.9 Å². The Morgan fingerprint density at radius 1 is 1.22 bits per heavy atom. The summed E-state index contributed by atoms with van der Waals surface area (Å²) in [4.78, 5) is 47.7. The maximum Gasteiger partial charge on any atom is 0.303 e. The molecule has 1 aromatic carbocycles. The van der Waals surface area contributed by atoms with Gasteiger partial charge in [0.2, 0.25) is 11.8 Å². The molecule has 2 aromatic rings. The summed E-state index contributed by atoms with van der Waals surface area (Å²) in [6.07, 6.45) is 8.07. The van der Waals surface area contributed by atoms with Crippen LogP contribution in [0.5, 0.6) is 6.01 Å².